The van der Waals surface area contributed by atoms with Crippen molar-refractivity contribution in [1.29, 1.82) is 0 Å². The Balaban J connectivity index is 2.51. The molecule has 0 amide bonds. The fourth-order valence-electron chi connectivity index (χ4n) is 0.976. The third-order valence-electron chi connectivity index (χ3n) is 1.45. The molecular formula is C6H7N3O. The van der Waals surface area contributed by atoms with Crippen molar-refractivity contribution < 1.29 is 5.21 Å². The molecule has 0 saturated heterocycles. The van der Waals surface area contributed by atoms with Crippen LogP contribution in [0.3, 0.4) is 0 Å². The normalized spacial score (nSPS) is 14.7. The van der Waals surface area contributed by atoms with Crippen LogP contribution in [0.1, 0.15) is 0 Å². The number of aromatic nitrogens is 1. The first-order valence-corrected chi connectivity index (χ1v) is 3.03. The molecule has 1 aliphatic heterocycles. The maximum atomic E-state index is 9.09. The lowest BCUT2D eigenvalue weighted by Gasteiger charge is -2.03. The maximum Gasteiger partial charge on any atom is 0.177 e. The average molecular weight is 137 g/mol. The van der Waals surface area contributed by atoms with Gasteiger partial charge in [0.15, 0.2) is 5.82 Å². The molecular weight excluding hydrogens is 130 g/mol. The third-order valence-corrected chi connectivity index (χ3v) is 1.45. The van der Waals surface area contributed by atoms with Crippen molar-refractivity contribution in [3.63, 3.8) is 0 Å². The highest BCUT2D eigenvalue weighted by Crippen LogP contribution is 2.25. The van der Waals surface area contributed by atoms with Crippen LogP contribution in [0, 0.1) is 0 Å². The van der Waals surface area contributed by atoms with Crippen LogP contribution in [0.2, 0.25) is 0 Å². The predicted octanol–water partition coefficient (Wildman–Crippen LogP) is 0.660. The number of rotatable bonds is 0. The van der Waals surface area contributed by atoms with Gasteiger partial charge in [0.1, 0.15) is 6.67 Å². The molecule has 0 unspecified atom stereocenters. The molecule has 52 valence electrons. The largest absolute Gasteiger partial charge is 0.363 e. The predicted molar refractivity (Wildman–Crippen MR) is 37.0 cm³/mol. The van der Waals surface area contributed by atoms with E-state index < -0.39 is 0 Å². The first kappa shape index (κ1) is 5.49. The van der Waals surface area contributed by atoms with Gasteiger partial charge in [-0.3, -0.25) is 5.21 Å². The van der Waals surface area contributed by atoms with E-state index in [1.807, 2.05) is 12.1 Å². The Morgan fingerprint density at radius 2 is 2.60 bits per heavy atom. The van der Waals surface area contributed by atoms with Gasteiger partial charge in [0.05, 0.1) is 5.69 Å². The standard InChI is InChI=1S/C6H7N3O/c10-9-4-8-5-2-1-3-7-6(5)9/h1-3,8,10H,4H2. The van der Waals surface area contributed by atoms with Crippen LogP contribution in [0.25, 0.3) is 0 Å². The van der Waals surface area contributed by atoms with Gasteiger partial charge in [-0.05, 0) is 12.1 Å². The van der Waals surface area contributed by atoms with E-state index >= 15 is 0 Å². The van der Waals surface area contributed by atoms with Crippen molar-refractivity contribution in [2.75, 3.05) is 17.0 Å². The first-order valence-electron chi connectivity index (χ1n) is 3.03. The molecule has 1 aromatic rings. The van der Waals surface area contributed by atoms with E-state index in [1.54, 1.807) is 6.20 Å². The van der Waals surface area contributed by atoms with Crippen LogP contribution in [-0.2, 0) is 0 Å². The van der Waals surface area contributed by atoms with Crippen molar-refractivity contribution in [3.05, 3.63) is 18.3 Å². The smallest absolute Gasteiger partial charge is 0.177 e. The number of pyridine rings is 1. The molecule has 0 spiro atoms. The lowest BCUT2D eigenvalue weighted by Crippen LogP contribution is -2.17. The summed E-state index contributed by atoms with van der Waals surface area (Å²) in [5, 5.41) is 13.1. The second kappa shape index (κ2) is 1.85. The Morgan fingerprint density at radius 1 is 1.70 bits per heavy atom. The highest BCUT2D eigenvalue weighted by molar-refractivity contribution is 5.68. The highest BCUT2D eigenvalue weighted by Gasteiger charge is 2.16. The van der Waals surface area contributed by atoms with Crippen molar-refractivity contribution >= 4 is 11.5 Å². The maximum absolute atomic E-state index is 9.09. The van der Waals surface area contributed by atoms with E-state index in [0.717, 1.165) is 10.8 Å². The number of hydroxylamine groups is 1. The number of anilines is 2. The van der Waals surface area contributed by atoms with Crippen LogP contribution in [0.4, 0.5) is 11.5 Å². The van der Waals surface area contributed by atoms with Crippen molar-refractivity contribution in [1.82, 2.24) is 4.98 Å². The topological polar surface area (TPSA) is 48.4 Å². The monoisotopic (exact) mass is 137 g/mol. The molecule has 0 aromatic carbocycles. The van der Waals surface area contributed by atoms with Crippen molar-refractivity contribution in [2.45, 2.75) is 0 Å². The fourth-order valence-corrected chi connectivity index (χ4v) is 0.976. The molecule has 2 heterocycles. The van der Waals surface area contributed by atoms with E-state index in [9.17, 15) is 0 Å². The van der Waals surface area contributed by atoms with Crippen molar-refractivity contribution in [3.8, 4) is 0 Å². The molecule has 2 rings (SSSR count). The van der Waals surface area contributed by atoms with Gasteiger partial charge >= 0.3 is 0 Å². The van der Waals surface area contributed by atoms with Crippen LogP contribution >= 0.6 is 0 Å². The molecule has 0 atom stereocenters. The summed E-state index contributed by atoms with van der Waals surface area (Å²) in [7, 11) is 0. The van der Waals surface area contributed by atoms with Gasteiger partial charge in [-0.25, -0.2) is 10.0 Å². The van der Waals surface area contributed by atoms with Gasteiger partial charge < -0.3 is 5.32 Å². The van der Waals surface area contributed by atoms with E-state index in [4.69, 9.17) is 5.21 Å². The minimum absolute atomic E-state index is 0.423. The van der Waals surface area contributed by atoms with Gasteiger partial charge in [0, 0.05) is 6.20 Å². The van der Waals surface area contributed by atoms with E-state index in [2.05, 4.69) is 10.3 Å². The zero-order chi connectivity index (χ0) is 6.97. The van der Waals surface area contributed by atoms with Gasteiger partial charge in [0.25, 0.3) is 0 Å². The second-order valence-electron chi connectivity index (χ2n) is 2.11. The van der Waals surface area contributed by atoms with Crippen LogP contribution < -0.4 is 10.4 Å². The van der Waals surface area contributed by atoms with Crippen LogP contribution in [-0.4, -0.2) is 16.9 Å². The number of hydrogen-bond acceptors (Lipinski definition) is 4. The Labute approximate surface area is 58.1 Å². The van der Waals surface area contributed by atoms with Gasteiger partial charge in [-0.15, -0.1) is 0 Å². The minimum Gasteiger partial charge on any atom is -0.363 e. The number of hydrogen-bond donors (Lipinski definition) is 2. The SMILES string of the molecule is ON1CNc2cccnc21. The van der Waals surface area contributed by atoms with Crippen molar-refractivity contribution in [2.24, 2.45) is 0 Å². The zero-order valence-electron chi connectivity index (χ0n) is 5.28. The molecule has 10 heavy (non-hydrogen) atoms. The van der Waals surface area contributed by atoms with E-state index in [1.165, 1.54) is 0 Å². The fraction of sp³-hybridized carbons (Fsp3) is 0.167. The summed E-state index contributed by atoms with van der Waals surface area (Å²) in [4.78, 5) is 3.95. The van der Waals surface area contributed by atoms with Gasteiger partial charge in [-0.2, -0.15) is 0 Å². The van der Waals surface area contributed by atoms with Crippen LogP contribution in [0.5, 0.6) is 0 Å². The average Bonchev–Trinajstić information content (AvgIpc) is 2.34. The molecule has 0 fully saturated rings. The Morgan fingerprint density at radius 3 is 3.40 bits per heavy atom. The summed E-state index contributed by atoms with van der Waals surface area (Å²) in [6.45, 7) is 0.423. The van der Waals surface area contributed by atoms with Gasteiger partial charge in [0.2, 0.25) is 0 Å². The lowest BCUT2D eigenvalue weighted by atomic mass is 10.4. The molecule has 0 radical (unpaired) electrons. The molecule has 4 heteroatoms. The molecule has 0 bridgehead atoms. The Kier molecular flexibility index (Phi) is 1.01. The molecule has 0 aliphatic carbocycles. The first-order chi connectivity index (χ1) is 4.88. The van der Waals surface area contributed by atoms with Gasteiger partial charge in [-0.1, -0.05) is 0 Å². The summed E-state index contributed by atoms with van der Waals surface area (Å²) in [6.07, 6.45) is 1.65. The minimum atomic E-state index is 0.423. The highest BCUT2D eigenvalue weighted by atomic mass is 16.5. The number of nitrogens with zero attached hydrogens (tertiary/aromatic N) is 2. The Hall–Kier alpha value is -1.29. The summed E-state index contributed by atoms with van der Waals surface area (Å²) in [5.74, 6) is 0.600. The van der Waals surface area contributed by atoms with E-state index in [0.29, 0.717) is 12.5 Å². The molecule has 4 nitrogen and oxygen atoms in total. The Bertz CT molecular complexity index is 251. The molecule has 1 aliphatic rings. The van der Waals surface area contributed by atoms with E-state index in [-0.39, 0.29) is 0 Å². The third kappa shape index (κ3) is 0.625. The molecule has 1 aromatic heterocycles. The molecule has 2 N–H and O–H groups in total. The zero-order valence-corrected chi connectivity index (χ0v) is 5.28. The van der Waals surface area contributed by atoms with Crippen LogP contribution in [0.15, 0.2) is 18.3 Å². The number of nitrogens with one attached hydrogen (secondary N) is 1. The quantitative estimate of drug-likeness (QED) is 0.551. The summed E-state index contributed by atoms with van der Waals surface area (Å²) in [5.41, 5.74) is 0.880. The summed E-state index contributed by atoms with van der Waals surface area (Å²) >= 11 is 0. The lowest BCUT2D eigenvalue weighted by molar-refractivity contribution is 0.265. The number of fused-ring (bicyclic) bond motifs is 1. The molecule has 0 saturated carbocycles. The summed E-state index contributed by atoms with van der Waals surface area (Å²) in [6, 6.07) is 3.70. The second-order valence-corrected chi connectivity index (χ2v) is 2.11. The summed E-state index contributed by atoms with van der Waals surface area (Å²) < 4.78 is 0.